The Kier molecular flexibility index (Phi) is 4.88. The van der Waals surface area contributed by atoms with Gasteiger partial charge in [0.05, 0.1) is 12.1 Å². The van der Waals surface area contributed by atoms with E-state index in [-0.39, 0.29) is 12.4 Å². The van der Waals surface area contributed by atoms with Crippen molar-refractivity contribution in [3.8, 4) is 11.5 Å². The van der Waals surface area contributed by atoms with E-state index in [0.29, 0.717) is 27.1 Å². The van der Waals surface area contributed by atoms with Gasteiger partial charge < -0.3 is 9.47 Å². The van der Waals surface area contributed by atoms with Crippen LogP contribution in [0.2, 0.25) is 10.0 Å². The van der Waals surface area contributed by atoms with Crippen LogP contribution in [0.3, 0.4) is 0 Å². The summed E-state index contributed by atoms with van der Waals surface area (Å²) in [5.41, 5.74) is 0.477. The number of hydrogen-bond donors (Lipinski definition) is 0. The van der Waals surface area contributed by atoms with Gasteiger partial charge in [-0.25, -0.2) is 0 Å². The minimum absolute atomic E-state index is 0.0652. The van der Waals surface area contributed by atoms with Crippen molar-refractivity contribution in [3.63, 3.8) is 0 Å². The van der Waals surface area contributed by atoms with Gasteiger partial charge in [-0.05, 0) is 42.5 Å². The number of carbonyl (C=O) groups is 1. The molecule has 0 fully saturated rings. The molecule has 0 aliphatic rings. The topological polar surface area (TPSA) is 35.5 Å². The lowest BCUT2D eigenvalue weighted by Gasteiger charge is -2.07. The molecule has 2 rings (SSSR count). The third-order valence-electron chi connectivity index (χ3n) is 2.66. The zero-order valence-corrected chi connectivity index (χ0v) is 12.2. The van der Waals surface area contributed by atoms with Gasteiger partial charge in [-0.15, -0.1) is 0 Å². The van der Waals surface area contributed by atoms with Crippen molar-refractivity contribution in [1.29, 1.82) is 0 Å². The lowest BCUT2D eigenvalue weighted by Crippen LogP contribution is -2.11. The van der Waals surface area contributed by atoms with Crippen molar-refractivity contribution in [2.45, 2.75) is 0 Å². The molecule has 2 aromatic rings. The maximum Gasteiger partial charge on any atom is 0.200 e. The molecule has 0 saturated heterocycles. The lowest BCUT2D eigenvalue weighted by atomic mass is 10.1. The zero-order valence-electron chi connectivity index (χ0n) is 10.7. The number of hydrogen-bond acceptors (Lipinski definition) is 3. The van der Waals surface area contributed by atoms with Crippen LogP contribution in [0.1, 0.15) is 10.4 Å². The van der Waals surface area contributed by atoms with Crippen LogP contribution < -0.4 is 9.47 Å². The Morgan fingerprint density at radius 3 is 2.40 bits per heavy atom. The highest BCUT2D eigenvalue weighted by atomic mass is 35.5. The van der Waals surface area contributed by atoms with E-state index in [9.17, 15) is 4.79 Å². The summed E-state index contributed by atoms with van der Waals surface area (Å²) in [6.07, 6.45) is 0. The number of ether oxygens (including phenoxy) is 2. The van der Waals surface area contributed by atoms with E-state index < -0.39 is 0 Å². The molecule has 0 aromatic heterocycles. The average Bonchev–Trinajstić information content (AvgIpc) is 2.46. The van der Waals surface area contributed by atoms with E-state index in [2.05, 4.69) is 0 Å². The fourth-order valence-electron chi connectivity index (χ4n) is 1.60. The number of rotatable bonds is 5. The van der Waals surface area contributed by atoms with Crippen molar-refractivity contribution < 1.29 is 14.3 Å². The van der Waals surface area contributed by atoms with Gasteiger partial charge in [0.15, 0.2) is 12.4 Å². The second kappa shape index (κ2) is 6.64. The molecule has 0 bridgehead atoms. The van der Waals surface area contributed by atoms with Crippen LogP contribution in [-0.4, -0.2) is 19.5 Å². The molecule has 2 aromatic carbocycles. The number of ketones is 1. The molecule has 0 radical (unpaired) electrons. The molecule has 0 aliphatic carbocycles. The summed E-state index contributed by atoms with van der Waals surface area (Å²) in [6, 6.07) is 11.7. The maximum absolute atomic E-state index is 12.0. The van der Waals surface area contributed by atoms with Crippen LogP contribution in [0.5, 0.6) is 11.5 Å². The van der Waals surface area contributed by atoms with Gasteiger partial charge in [0.2, 0.25) is 0 Å². The third-order valence-corrected chi connectivity index (χ3v) is 3.20. The Balaban J connectivity index is 2.01. The molecule has 0 N–H and O–H groups in total. The van der Waals surface area contributed by atoms with Crippen LogP contribution >= 0.6 is 23.2 Å². The summed E-state index contributed by atoms with van der Waals surface area (Å²) in [5.74, 6) is 0.952. The predicted octanol–water partition coefficient (Wildman–Crippen LogP) is 4.26. The highest BCUT2D eigenvalue weighted by Gasteiger charge is 2.10. The Hall–Kier alpha value is -1.71. The van der Waals surface area contributed by atoms with E-state index in [1.807, 2.05) is 0 Å². The lowest BCUT2D eigenvalue weighted by molar-refractivity contribution is 0.0921. The quantitative estimate of drug-likeness (QED) is 0.774. The highest BCUT2D eigenvalue weighted by molar-refractivity contribution is 6.32. The van der Waals surface area contributed by atoms with Crippen molar-refractivity contribution in [3.05, 3.63) is 58.1 Å². The molecule has 104 valence electrons. The summed E-state index contributed by atoms with van der Waals surface area (Å²) in [5, 5.41) is 1.01. The van der Waals surface area contributed by atoms with Crippen LogP contribution in [-0.2, 0) is 0 Å². The van der Waals surface area contributed by atoms with E-state index in [1.165, 1.54) is 7.11 Å². The summed E-state index contributed by atoms with van der Waals surface area (Å²) >= 11 is 11.7. The van der Waals surface area contributed by atoms with Crippen molar-refractivity contribution in [2.24, 2.45) is 0 Å². The second-order valence-electron chi connectivity index (χ2n) is 4.02. The van der Waals surface area contributed by atoms with Crippen LogP contribution in [0, 0.1) is 0 Å². The van der Waals surface area contributed by atoms with Crippen molar-refractivity contribution in [2.75, 3.05) is 13.7 Å². The smallest absolute Gasteiger partial charge is 0.200 e. The first-order valence-electron chi connectivity index (χ1n) is 5.85. The van der Waals surface area contributed by atoms with E-state index in [0.717, 1.165) is 0 Å². The van der Waals surface area contributed by atoms with Gasteiger partial charge in [0, 0.05) is 10.6 Å². The monoisotopic (exact) mass is 310 g/mol. The first-order chi connectivity index (χ1) is 9.60. The van der Waals surface area contributed by atoms with Gasteiger partial charge in [-0.1, -0.05) is 23.2 Å². The van der Waals surface area contributed by atoms with Gasteiger partial charge in [-0.2, -0.15) is 0 Å². The SMILES string of the molecule is COc1ccc(C(=O)COc2ccc(Cl)cc2)cc1Cl. The summed E-state index contributed by atoms with van der Waals surface area (Å²) in [4.78, 5) is 12.0. The largest absolute Gasteiger partial charge is 0.495 e. The Morgan fingerprint density at radius 1 is 1.10 bits per heavy atom. The average molecular weight is 311 g/mol. The second-order valence-corrected chi connectivity index (χ2v) is 4.86. The summed E-state index contributed by atoms with van der Waals surface area (Å²) in [6.45, 7) is -0.0652. The standard InChI is InChI=1S/C15H12Cl2O3/c1-19-15-7-2-10(8-13(15)17)14(18)9-20-12-5-3-11(16)4-6-12/h2-8H,9H2,1H3. The van der Waals surface area contributed by atoms with Crippen LogP contribution in [0.4, 0.5) is 0 Å². The highest BCUT2D eigenvalue weighted by Crippen LogP contribution is 2.25. The molecular formula is C15H12Cl2O3. The summed E-state index contributed by atoms with van der Waals surface area (Å²) in [7, 11) is 1.52. The molecule has 0 aliphatic heterocycles. The van der Waals surface area contributed by atoms with Gasteiger partial charge >= 0.3 is 0 Å². The first-order valence-corrected chi connectivity index (χ1v) is 6.61. The van der Waals surface area contributed by atoms with Gasteiger partial charge in [0.1, 0.15) is 11.5 Å². The number of halogens is 2. The number of Topliss-reactive ketones (excluding diaryl/α,β-unsaturated/α-hetero) is 1. The Labute approximate surface area is 127 Å². The molecule has 3 nitrogen and oxygen atoms in total. The molecule has 0 heterocycles. The normalized spacial score (nSPS) is 10.2. The minimum atomic E-state index is -0.162. The Bertz CT molecular complexity index is 609. The fraction of sp³-hybridized carbons (Fsp3) is 0.133. The number of methoxy groups -OCH3 is 1. The minimum Gasteiger partial charge on any atom is -0.495 e. The fourth-order valence-corrected chi connectivity index (χ4v) is 1.99. The molecule has 0 saturated carbocycles. The molecule has 0 atom stereocenters. The van der Waals surface area contributed by atoms with Gasteiger partial charge in [0.25, 0.3) is 0 Å². The van der Waals surface area contributed by atoms with Gasteiger partial charge in [-0.3, -0.25) is 4.79 Å². The van der Waals surface area contributed by atoms with Crippen LogP contribution in [0.15, 0.2) is 42.5 Å². The maximum atomic E-state index is 12.0. The molecule has 5 heteroatoms. The molecule has 0 spiro atoms. The Morgan fingerprint density at radius 2 is 1.80 bits per heavy atom. The van der Waals surface area contributed by atoms with Crippen molar-refractivity contribution >= 4 is 29.0 Å². The van der Waals surface area contributed by atoms with E-state index in [4.69, 9.17) is 32.7 Å². The zero-order chi connectivity index (χ0) is 14.5. The molecule has 0 amide bonds. The van der Waals surface area contributed by atoms with Crippen molar-refractivity contribution in [1.82, 2.24) is 0 Å². The number of carbonyl (C=O) groups excluding carboxylic acids is 1. The first kappa shape index (κ1) is 14.7. The molecule has 0 unspecified atom stereocenters. The van der Waals surface area contributed by atoms with E-state index in [1.54, 1.807) is 42.5 Å². The molecule has 20 heavy (non-hydrogen) atoms. The van der Waals surface area contributed by atoms with Crippen LogP contribution in [0.25, 0.3) is 0 Å². The van der Waals surface area contributed by atoms with E-state index >= 15 is 0 Å². The number of benzene rings is 2. The summed E-state index contributed by atoms with van der Waals surface area (Å²) < 4.78 is 10.4. The third kappa shape index (κ3) is 3.65. The predicted molar refractivity (Wildman–Crippen MR) is 79.3 cm³/mol. The molecular weight excluding hydrogens is 299 g/mol.